The van der Waals surface area contributed by atoms with E-state index in [9.17, 15) is 10.1 Å². The molecule has 1 aromatic heterocycles. The maximum atomic E-state index is 10.0. The van der Waals surface area contributed by atoms with Crippen molar-refractivity contribution in [2.75, 3.05) is 5.73 Å². The first-order valence-corrected chi connectivity index (χ1v) is 2.42. The number of anilines is 1. The Morgan fingerprint density at radius 3 is 2.70 bits per heavy atom. The zero-order valence-electron chi connectivity index (χ0n) is 4.89. The fourth-order valence-electron chi connectivity index (χ4n) is 0.461. The Kier molecular flexibility index (Phi) is 1.44. The predicted octanol–water partition coefficient (Wildman–Crippen LogP) is -0.0330. The molecule has 2 N–H and O–H groups in total. The first kappa shape index (κ1) is 6.40. The van der Waals surface area contributed by atoms with Crippen LogP contribution >= 0.6 is 0 Å². The van der Waals surface area contributed by atoms with Crippen LogP contribution in [0.15, 0.2) is 12.4 Å². The van der Waals surface area contributed by atoms with Gasteiger partial charge in [0.05, 0.1) is 6.07 Å². The second kappa shape index (κ2) is 2.26. The van der Waals surface area contributed by atoms with Crippen LogP contribution in [-0.4, -0.2) is 14.9 Å². The summed E-state index contributed by atoms with van der Waals surface area (Å²) in [6, 6.07) is 1.10. The number of hydrogen-bond acceptors (Lipinski definition) is 5. The minimum absolute atomic E-state index is 0.0988. The van der Waals surface area contributed by atoms with Gasteiger partial charge >= 0.3 is 5.82 Å². The highest BCUT2D eigenvalue weighted by Crippen LogP contribution is 2.06. The molecule has 1 rings (SSSR count). The van der Waals surface area contributed by atoms with E-state index in [0.29, 0.717) is 0 Å². The van der Waals surface area contributed by atoms with Crippen LogP contribution in [0.25, 0.3) is 0 Å². The molecule has 6 nitrogen and oxygen atoms in total. The highest BCUT2D eigenvalue weighted by molar-refractivity contribution is 5.34. The van der Waals surface area contributed by atoms with Crippen molar-refractivity contribution in [1.82, 2.24) is 9.97 Å². The van der Waals surface area contributed by atoms with Gasteiger partial charge in [-0.2, -0.15) is 4.98 Å². The van der Waals surface area contributed by atoms with Crippen molar-refractivity contribution in [3.05, 3.63) is 22.5 Å². The van der Waals surface area contributed by atoms with Crippen LogP contribution in [0, 0.1) is 10.1 Å². The third-order valence-electron chi connectivity index (χ3n) is 0.861. The zero-order valence-corrected chi connectivity index (χ0v) is 4.89. The van der Waals surface area contributed by atoms with Gasteiger partial charge in [-0.25, -0.2) is 0 Å². The van der Waals surface area contributed by atoms with Gasteiger partial charge in [-0.3, -0.25) is 0 Å². The Morgan fingerprint density at radius 1 is 1.60 bits per heavy atom. The van der Waals surface area contributed by atoms with Crippen LogP contribution in [0.4, 0.5) is 11.6 Å². The van der Waals surface area contributed by atoms with E-state index in [4.69, 9.17) is 5.73 Å². The fourth-order valence-corrected chi connectivity index (χ4v) is 0.461. The van der Waals surface area contributed by atoms with E-state index in [2.05, 4.69) is 9.97 Å². The summed E-state index contributed by atoms with van der Waals surface area (Å²) in [5.41, 5.74) is 5.14. The van der Waals surface area contributed by atoms with Crippen molar-refractivity contribution in [2.45, 2.75) is 0 Å². The van der Waals surface area contributed by atoms with Crippen LogP contribution < -0.4 is 5.73 Å². The van der Waals surface area contributed by atoms with Gasteiger partial charge in [0.2, 0.25) is 6.33 Å². The van der Waals surface area contributed by atoms with Crippen molar-refractivity contribution in [3.63, 3.8) is 0 Å². The molecular weight excluding hydrogens is 136 g/mol. The molecule has 0 aliphatic rings. The first-order chi connectivity index (χ1) is 4.70. The molecule has 0 atom stereocenters. The SMILES string of the molecule is Nc1cc([N+](=O)[O-])ncn1. The molecular formula is C4H4N4O2. The number of nitrogen functional groups attached to an aromatic ring is 1. The number of nitro groups is 1. The summed E-state index contributed by atoms with van der Waals surface area (Å²) in [4.78, 5) is 16.2. The summed E-state index contributed by atoms with van der Waals surface area (Å²) in [6.07, 6.45) is 1.05. The van der Waals surface area contributed by atoms with E-state index in [1.165, 1.54) is 0 Å². The van der Waals surface area contributed by atoms with Gasteiger partial charge < -0.3 is 15.8 Å². The summed E-state index contributed by atoms with van der Waals surface area (Å²) < 4.78 is 0. The molecule has 0 bridgehead atoms. The van der Waals surface area contributed by atoms with Gasteiger partial charge in [0.15, 0.2) is 0 Å². The summed E-state index contributed by atoms with van der Waals surface area (Å²) in [6.45, 7) is 0. The molecule has 0 saturated carbocycles. The molecule has 1 aromatic rings. The minimum Gasteiger partial charge on any atom is -0.383 e. The molecule has 0 saturated heterocycles. The van der Waals surface area contributed by atoms with Crippen LogP contribution in [0.1, 0.15) is 0 Å². The fraction of sp³-hybridized carbons (Fsp3) is 0. The lowest BCUT2D eigenvalue weighted by atomic mass is 10.5. The molecule has 0 fully saturated rings. The summed E-state index contributed by atoms with van der Waals surface area (Å²) in [5.74, 6) is -0.186. The lowest BCUT2D eigenvalue weighted by Gasteiger charge is -1.89. The third kappa shape index (κ3) is 1.16. The highest BCUT2D eigenvalue weighted by Gasteiger charge is 2.05. The van der Waals surface area contributed by atoms with Gasteiger partial charge in [-0.05, 0) is 9.91 Å². The maximum Gasteiger partial charge on any atom is 0.368 e. The van der Waals surface area contributed by atoms with Crippen molar-refractivity contribution < 1.29 is 4.92 Å². The molecule has 1 heterocycles. The average molecular weight is 140 g/mol. The monoisotopic (exact) mass is 140 g/mol. The molecule has 0 amide bonds. The molecule has 6 heteroatoms. The van der Waals surface area contributed by atoms with Gasteiger partial charge in [0.25, 0.3) is 0 Å². The average Bonchev–Trinajstić information content (AvgIpc) is 1.88. The molecule has 10 heavy (non-hydrogen) atoms. The third-order valence-corrected chi connectivity index (χ3v) is 0.861. The van der Waals surface area contributed by atoms with Crippen LogP contribution in [0.5, 0.6) is 0 Å². The number of nitrogens with two attached hydrogens (primary N) is 1. The summed E-state index contributed by atoms with van der Waals surface area (Å²) in [5, 5.41) is 10.0. The molecule has 0 spiro atoms. The van der Waals surface area contributed by atoms with Crippen molar-refractivity contribution in [1.29, 1.82) is 0 Å². The van der Waals surface area contributed by atoms with E-state index in [0.717, 1.165) is 12.4 Å². The highest BCUT2D eigenvalue weighted by atomic mass is 16.6. The molecule has 0 aliphatic heterocycles. The van der Waals surface area contributed by atoms with Gasteiger partial charge in [0, 0.05) is 0 Å². The molecule has 0 radical (unpaired) electrons. The Labute approximate surface area is 55.9 Å². The molecule has 0 aromatic carbocycles. The second-order valence-electron chi connectivity index (χ2n) is 1.56. The lowest BCUT2D eigenvalue weighted by Crippen LogP contribution is -1.95. The van der Waals surface area contributed by atoms with E-state index in [-0.39, 0.29) is 11.6 Å². The van der Waals surface area contributed by atoms with Gasteiger partial charge in [0.1, 0.15) is 5.82 Å². The van der Waals surface area contributed by atoms with E-state index >= 15 is 0 Å². The van der Waals surface area contributed by atoms with E-state index in [1.807, 2.05) is 0 Å². The number of nitrogens with zero attached hydrogens (tertiary/aromatic N) is 3. The first-order valence-electron chi connectivity index (χ1n) is 2.42. The molecule has 0 aliphatic carbocycles. The summed E-state index contributed by atoms with van der Waals surface area (Å²) in [7, 11) is 0. The largest absolute Gasteiger partial charge is 0.383 e. The van der Waals surface area contributed by atoms with Crippen LogP contribution in [0.2, 0.25) is 0 Å². The van der Waals surface area contributed by atoms with Crippen molar-refractivity contribution in [2.24, 2.45) is 0 Å². The Bertz CT molecular complexity index is 261. The Hall–Kier alpha value is -1.72. The van der Waals surface area contributed by atoms with Crippen LogP contribution in [-0.2, 0) is 0 Å². The number of rotatable bonds is 1. The number of hydrogen-bond donors (Lipinski definition) is 1. The smallest absolute Gasteiger partial charge is 0.368 e. The molecule has 0 unspecified atom stereocenters. The Morgan fingerprint density at radius 2 is 2.30 bits per heavy atom. The van der Waals surface area contributed by atoms with E-state index < -0.39 is 4.92 Å². The maximum absolute atomic E-state index is 10.0. The minimum atomic E-state index is -0.627. The quantitative estimate of drug-likeness (QED) is 0.436. The standard InChI is InChI=1S/C4H4N4O2/c5-3-1-4(8(9)10)7-2-6-3/h1-2H,(H2,5,6,7). The Balaban J connectivity index is 3.07. The topological polar surface area (TPSA) is 94.9 Å². The summed E-state index contributed by atoms with van der Waals surface area (Å²) >= 11 is 0. The number of aromatic nitrogens is 2. The van der Waals surface area contributed by atoms with Crippen molar-refractivity contribution in [3.8, 4) is 0 Å². The van der Waals surface area contributed by atoms with Gasteiger partial charge in [-0.1, -0.05) is 0 Å². The van der Waals surface area contributed by atoms with E-state index in [1.54, 1.807) is 0 Å². The predicted molar refractivity (Wildman–Crippen MR) is 33.1 cm³/mol. The lowest BCUT2D eigenvalue weighted by molar-refractivity contribution is -0.389. The normalized spacial score (nSPS) is 9.20. The van der Waals surface area contributed by atoms with Crippen molar-refractivity contribution >= 4 is 11.6 Å². The van der Waals surface area contributed by atoms with Crippen LogP contribution in [0.3, 0.4) is 0 Å². The zero-order chi connectivity index (χ0) is 7.56. The van der Waals surface area contributed by atoms with Gasteiger partial charge in [-0.15, -0.1) is 0 Å². The molecule has 52 valence electrons. The second-order valence-corrected chi connectivity index (χ2v) is 1.56.